The summed E-state index contributed by atoms with van der Waals surface area (Å²) in [5.41, 5.74) is 33.5. The lowest BCUT2D eigenvalue weighted by molar-refractivity contribution is 0.669. The van der Waals surface area contributed by atoms with E-state index >= 15 is 0 Å². The van der Waals surface area contributed by atoms with E-state index in [2.05, 4.69) is 413 Å². The van der Waals surface area contributed by atoms with E-state index < -0.39 is 10.8 Å². The summed E-state index contributed by atoms with van der Waals surface area (Å²) in [5.74, 6) is 3.74. The molecule has 0 saturated heterocycles. The number of aromatic nitrogens is 6. The Morgan fingerprint density at radius 2 is 0.417 bits per heavy atom. The van der Waals surface area contributed by atoms with Gasteiger partial charge in [0.25, 0.3) is 0 Å². The Hall–Kier alpha value is -18.3. The molecular formula is C132H84N6O. The average molecular weight is 1770 g/mol. The van der Waals surface area contributed by atoms with Gasteiger partial charge < -0.3 is 4.42 Å². The topological polar surface area (TPSA) is 90.5 Å². The molecule has 0 fully saturated rings. The molecule has 0 spiro atoms. The Bertz CT molecular complexity index is 8990. The Morgan fingerprint density at radius 1 is 0.151 bits per heavy atom. The normalized spacial score (nSPS) is 12.6. The Morgan fingerprint density at radius 3 is 0.806 bits per heavy atom. The minimum absolute atomic E-state index is 0.468. The van der Waals surface area contributed by atoms with Crippen LogP contribution >= 0.6 is 0 Å². The third-order valence-corrected chi connectivity index (χ3v) is 28.5. The molecule has 3 aromatic heterocycles. The van der Waals surface area contributed by atoms with Crippen molar-refractivity contribution in [2.45, 2.75) is 10.8 Å². The van der Waals surface area contributed by atoms with Crippen molar-refractivity contribution in [2.75, 3.05) is 0 Å². The van der Waals surface area contributed by atoms with E-state index in [0.717, 1.165) is 77.6 Å². The summed E-state index contributed by atoms with van der Waals surface area (Å²) in [6, 6.07) is 183. The number of hydrogen-bond donors (Lipinski definition) is 0. The first-order valence-electron chi connectivity index (χ1n) is 47.4. The molecule has 3 heterocycles. The molecule has 27 rings (SSSR count). The smallest absolute Gasteiger partial charge is 0.164 e. The average Bonchev–Trinajstić information content (AvgIpc) is 1.53. The van der Waals surface area contributed by atoms with E-state index in [1.807, 2.05) is 97.1 Å². The van der Waals surface area contributed by atoms with Crippen LogP contribution in [0.15, 0.2) is 514 Å². The molecule has 0 unspecified atom stereocenters. The van der Waals surface area contributed by atoms with E-state index in [4.69, 9.17) is 34.3 Å². The monoisotopic (exact) mass is 1770 g/mol. The van der Waals surface area contributed by atoms with Crippen molar-refractivity contribution in [3.8, 4) is 146 Å². The van der Waals surface area contributed by atoms with Gasteiger partial charge in [-0.2, -0.15) is 0 Å². The van der Waals surface area contributed by atoms with Crippen LogP contribution in [0.4, 0.5) is 0 Å². The standard InChI is InChI=1S/C66H41N3O.C66H43N3/c1-4-17-43(18-5-1)63-67-64(69-65(68-63)57-27-16-30-60-61(57)56-26-13-15-29-59(56)70-60)44-33-31-42(32-34-44)49-39-40-50(53-24-11-10-23-52(49)53)45-35-37-51-46(41-45)36-38-55-54-25-12-14-28-58(54)66(62(51)55,47-19-6-2-7-20-47)48-21-8-3-9-22-48;1-5-17-44(18-6-1)45-29-33-48(34-30-45)64-67-63(47-19-7-2-8-20-47)68-65(69-64)49-35-31-46(32-36-49)54-41-42-55(58-26-14-13-25-57(54)58)50-37-39-56-51(43-50)38-40-60-59-27-15-16-28-61(59)66(62(56)60,52-21-9-3-10-22-52)53-23-11-4-12-24-53/h1-41H;1-43H. The van der Waals surface area contributed by atoms with E-state index in [-0.39, 0.29) is 0 Å². The highest BCUT2D eigenvalue weighted by Crippen LogP contribution is 2.61. The van der Waals surface area contributed by atoms with Gasteiger partial charge in [0.2, 0.25) is 0 Å². The van der Waals surface area contributed by atoms with E-state index in [1.54, 1.807) is 0 Å². The first-order chi connectivity index (χ1) is 68.9. The Kier molecular flexibility index (Phi) is 19.9. The Balaban J connectivity index is 0.000000143. The van der Waals surface area contributed by atoms with Gasteiger partial charge in [0.05, 0.1) is 10.8 Å². The molecule has 648 valence electrons. The first kappa shape index (κ1) is 81.5. The van der Waals surface area contributed by atoms with Gasteiger partial charge in [-0.15, -0.1) is 0 Å². The summed E-state index contributed by atoms with van der Waals surface area (Å²) < 4.78 is 6.27. The lowest BCUT2D eigenvalue weighted by atomic mass is 9.66. The van der Waals surface area contributed by atoms with Gasteiger partial charge in [-0.3, -0.25) is 0 Å². The van der Waals surface area contributed by atoms with Gasteiger partial charge in [0.15, 0.2) is 34.9 Å². The van der Waals surface area contributed by atoms with Crippen molar-refractivity contribution < 1.29 is 4.42 Å². The summed E-state index contributed by atoms with van der Waals surface area (Å²) in [6.07, 6.45) is 0. The largest absolute Gasteiger partial charge is 0.456 e. The zero-order chi connectivity index (χ0) is 91.9. The molecule has 0 N–H and O–H groups in total. The van der Waals surface area contributed by atoms with Crippen molar-refractivity contribution >= 4 is 65.0 Å². The first-order valence-corrected chi connectivity index (χ1v) is 47.4. The van der Waals surface area contributed by atoms with Crippen molar-refractivity contribution in [1.82, 2.24) is 29.9 Å². The Labute approximate surface area is 804 Å². The molecule has 7 heteroatoms. The van der Waals surface area contributed by atoms with E-state index in [9.17, 15) is 0 Å². The molecule has 2 aliphatic rings. The van der Waals surface area contributed by atoms with Crippen molar-refractivity contribution in [2.24, 2.45) is 0 Å². The van der Waals surface area contributed by atoms with Gasteiger partial charge >= 0.3 is 0 Å². The maximum Gasteiger partial charge on any atom is 0.164 e. The van der Waals surface area contributed by atoms with Gasteiger partial charge in [0.1, 0.15) is 11.2 Å². The van der Waals surface area contributed by atoms with Crippen LogP contribution in [0.3, 0.4) is 0 Å². The number of benzene rings is 22. The summed E-state index contributed by atoms with van der Waals surface area (Å²) in [5, 5.41) is 11.8. The lowest BCUT2D eigenvalue weighted by Crippen LogP contribution is -2.28. The molecule has 0 radical (unpaired) electrons. The molecule has 0 saturated carbocycles. The molecule has 0 bridgehead atoms. The van der Waals surface area contributed by atoms with Crippen LogP contribution < -0.4 is 0 Å². The highest BCUT2D eigenvalue weighted by Gasteiger charge is 2.49. The fourth-order valence-electron chi connectivity index (χ4n) is 22.2. The zero-order valence-electron chi connectivity index (χ0n) is 75.6. The summed E-state index contributed by atoms with van der Waals surface area (Å²) in [7, 11) is 0. The van der Waals surface area contributed by atoms with Gasteiger partial charge in [-0.1, -0.05) is 485 Å². The summed E-state index contributed by atoms with van der Waals surface area (Å²) in [4.78, 5) is 30.4. The van der Waals surface area contributed by atoms with Crippen LogP contribution in [0.1, 0.15) is 44.5 Å². The molecule has 25 aromatic rings. The number of para-hydroxylation sites is 1. The number of hydrogen-bond acceptors (Lipinski definition) is 7. The molecule has 2 aliphatic carbocycles. The predicted molar refractivity (Wildman–Crippen MR) is 571 cm³/mol. The molecule has 139 heavy (non-hydrogen) atoms. The summed E-state index contributed by atoms with van der Waals surface area (Å²) >= 11 is 0. The molecule has 0 atom stereocenters. The van der Waals surface area contributed by atoms with Crippen LogP contribution in [-0.2, 0) is 10.8 Å². The fourth-order valence-corrected chi connectivity index (χ4v) is 22.2. The second-order valence-electron chi connectivity index (χ2n) is 36.0. The molecular weight excluding hydrogens is 1690 g/mol. The molecule has 22 aromatic carbocycles. The molecule has 0 aliphatic heterocycles. The SMILES string of the molecule is c1ccc(-c2ccc(-c3nc(-c4ccccc4)nc(-c4ccc(-c5ccc(-c6ccc7c8c(ccc7c6)-c6ccccc6C8(c6ccccc6)c6ccccc6)c6ccccc56)cc4)n3)cc2)cc1.c1ccc(-c2nc(-c3ccc(-c4ccc(-c5ccc6c7c(ccc6c5)-c5ccccc5C7(c5ccccc5)c5ccccc5)c5ccccc45)cc3)nc(-c3cccc4oc5ccccc5c34)n2)cc1. The number of furan rings is 1. The zero-order valence-corrected chi connectivity index (χ0v) is 75.6. The second-order valence-corrected chi connectivity index (χ2v) is 36.0. The third-order valence-electron chi connectivity index (χ3n) is 28.5. The van der Waals surface area contributed by atoms with Gasteiger partial charge in [0, 0.05) is 44.2 Å². The fraction of sp³-hybridized carbons (Fsp3) is 0.0152. The lowest BCUT2D eigenvalue weighted by Gasteiger charge is -2.34. The van der Waals surface area contributed by atoms with Gasteiger partial charge in [-0.25, -0.2) is 29.9 Å². The van der Waals surface area contributed by atoms with Gasteiger partial charge in [-0.05, 0) is 190 Å². The van der Waals surface area contributed by atoms with Crippen molar-refractivity contribution in [1.29, 1.82) is 0 Å². The highest BCUT2D eigenvalue weighted by molar-refractivity contribution is 6.13. The number of rotatable bonds is 15. The molecule has 0 amide bonds. The van der Waals surface area contributed by atoms with Crippen LogP contribution in [0.2, 0.25) is 0 Å². The third kappa shape index (κ3) is 13.8. The minimum atomic E-state index is -0.473. The van der Waals surface area contributed by atoms with E-state index in [1.165, 1.54) is 143 Å². The maximum absolute atomic E-state index is 6.27. The summed E-state index contributed by atoms with van der Waals surface area (Å²) in [6.45, 7) is 0. The van der Waals surface area contributed by atoms with Crippen LogP contribution in [0.5, 0.6) is 0 Å². The highest BCUT2D eigenvalue weighted by atomic mass is 16.3. The predicted octanol–water partition coefficient (Wildman–Crippen LogP) is 33.3. The maximum atomic E-state index is 6.27. The quantitative estimate of drug-likeness (QED) is 0.101. The minimum Gasteiger partial charge on any atom is -0.456 e. The number of nitrogens with zero attached hydrogens (tertiary/aromatic N) is 6. The van der Waals surface area contributed by atoms with Crippen LogP contribution in [0.25, 0.3) is 211 Å². The second kappa shape index (κ2) is 34.0. The van der Waals surface area contributed by atoms with Crippen LogP contribution in [-0.4, -0.2) is 29.9 Å². The van der Waals surface area contributed by atoms with Crippen molar-refractivity contribution in [3.63, 3.8) is 0 Å². The van der Waals surface area contributed by atoms with Crippen molar-refractivity contribution in [3.05, 3.63) is 554 Å². The van der Waals surface area contributed by atoms with Crippen LogP contribution in [0, 0.1) is 0 Å². The number of fused-ring (bicyclic) bond motifs is 15. The molecule has 7 nitrogen and oxygen atoms in total. The van der Waals surface area contributed by atoms with E-state index in [0.29, 0.717) is 34.9 Å².